The summed E-state index contributed by atoms with van der Waals surface area (Å²) in [6, 6.07) is 6.17. The average molecular weight is 272 g/mol. The maximum absolute atomic E-state index is 10.7. The minimum absolute atomic E-state index is 0.135. The lowest BCUT2D eigenvalue weighted by molar-refractivity contribution is -0.146. The van der Waals surface area contributed by atoms with E-state index in [9.17, 15) is 9.90 Å². The molecule has 0 aliphatic heterocycles. The smallest absolute Gasteiger partial charge is 0.337 e. The second-order valence-electron chi connectivity index (χ2n) is 3.41. The maximum Gasteiger partial charge on any atom is 0.337 e. The molecule has 0 saturated carbocycles. The van der Waals surface area contributed by atoms with Crippen LogP contribution < -0.4 is 0 Å². The number of carboxylic acid groups (broad SMARTS) is 1. The van der Waals surface area contributed by atoms with Crippen LogP contribution in [0.15, 0.2) is 24.3 Å². The predicted octanol–water partition coefficient (Wildman–Crippen LogP) is 2.66. The van der Waals surface area contributed by atoms with Gasteiger partial charge in [-0.05, 0) is 18.2 Å². The number of halogens is 2. The minimum Gasteiger partial charge on any atom is -0.479 e. The van der Waals surface area contributed by atoms with Crippen molar-refractivity contribution in [2.75, 3.05) is 0 Å². The van der Waals surface area contributed by atoms with Gasteiger partial charge in [0.15, 0.2) is 6.10 Å². The number of carboxylic acids is 1. The number of carbonyl (C=O) groups is 1. The molecule has 1 heterocycles. The van der Waals surface area contributed by atoms with Gasteiger partial charge in [0.25, 0.3) is 0 Å². The van der Waals surface area contributed by atoms with E-state index in [4.69, 9.17) is 28.3 Å². The standard InChI is InChI=1S/C11H7Cl2NO3/c12-8-4-2-5-7(14-8)3-1-6(9(5)13)10(15)11(16)17/h1-4,10,15H,(H,16,17). The van der Waals surface area contributed by atoms with Crippen LogP contribution in [0.2, 0.25) is 10.2 Å². The van der Waals surface area contributed by atoms with Crippen LogP contribution in [-0.4, -0.2) is 21.2 Å². The molecule has 2 aromatic rings. The molecule has 1 aromatic heterocycles. The largest absolute Gasteiger partial charge is 0.479 e. The minimum atomic E-state index is -1.65. The summed E-state index contributed by atoms with van der Waals surface area (Å²) in [5.74, 6) is -1.35. The molecule has 17 heavy (non-hydrogen) atoms. The van der Waals surface area contributed by atoms with Gasteiger partial charge in [-0.25, -0.2) is 9.78 Å². The molecule has 88 valence electrons. The fourth-order valence-corrected chi connectivity index (χ4v) is 1.98. The number of pyridine rings is 1. The zero-order valence-electron chi connectivity index (χ0n) is 8.39. The molecule has 4 nitrogen and oxygen atoms in total. The zero-order chi connectivity index (χ0) is 12.6. The number of aliphatic hydroxyl groups excluding tert-OH is 1. The third kappa shape index (κ3) is 2.20. The van der Waals surface area contributed by atoms with Gasteiger partial charge in [-0.1, -0.05) is 29.3 Å². The van der Waals surface area contributed by atoms with E-state index >= 15 is 0 Å². The number of hydrogen-bond acceptors (Lipinski definition) is 3. The first-order valence-electron chi connectivity index (χ1n) is 4.66. The van der Waals surface area contributed by atoms with Crippen LogP contribution in [0, 0.1) is 0 Å². The van der Waals surface area contributed by atoms with Crippen molar-refractivity contribution >= 4 is 40.1 Å². The summed E-state index contributed by atoms with van der Waals surface area (Å²) in [6.45, 7) is 0. The Morgan fingerprint density at radius 2 is 1.94 bits per heavy atom. The van der Waals surface area contributed by atoms with Crippen LogP contribution in [0.1, 0.15) is 11.7 Å². The molecule has 0 radical (unpaired) electrons. The number of aliphatic carboxylic acids is 1. The first kappa shape index (κ1) is 12.1. The van der Waals surface area contributed by atoms with Gasteiger partial charge < -0.3 is 10.2 Å². The first-order valence-corrected chi connectivity index (χ1v) is 5.42. The normalized spacial score (nSPS) is 12.6. The molecule has 0 aliphatic carbocycles. The van der Waals surface area contributed by atoms with E-state index in [2.05, 4.69) is 4.98 Å². The Morgan fingerprint density at radius 3 is 2.59 bits per heavy atom. The van der Waals surface area contributed by atoms with Crippen molar-refractivity contribution in [2.24, 2.45) is 0 Å². The molecule has 1 unspecified atom stereocenters. The lowest BCUT2D eigenvalue weighted by atomic mass is 10.1. The monoisotopic (exact) mass is 271 g/mol. The van der Waals surface area contributed by atoms with E-state index in [0.29, 0.717) is 16.1 Å². The molecular weight excluding hydrogens is 265 g/mol. The SMILES string of the molecule is O=C(O)C(O)c1ccc2nc(Cl)ccc2c1Cl. The number of aromatic nitrogens is 1. The lowest BCUT2D eigenvalue weighted by Gasteiger charge is -2.10. The summed E-state index contributed by atoms with van der Waals surface area (Å²) >= 11 is 11.8. The highest BCUT2D eigenvalue weighted by molar-refractivity contribution is 6.36. The van der Waals surface area contributed by atoms with Crippen molar-refractivity contribution < 1.29 is 15.0 Å². The molecule has 1 atom stereocenters. The Bertz CT molecular complexity index is 601. The molecule has 0 saturated heterocycles. The van der Waals surface area contributed by atoms with E-state index < -0.39 is 12.1 Å². The highest BCUT2D eigenvalue weighted by atomic mass is 35.5. The molecule has 2 N–H and O–H groups in total. The van der Waals surface area contributed by atoms with Gasteiger partial charge in [-0.3, -0.25) is 0 Å². The van der Waals surface area contributed by atoms with Gasteiger partial charge in [0, 0.05) is 10.9 Å². The zero-order valence-corrected chi connectivity index (χ0v) is 9.90. The van der Waals surface area contributed by atoms with E-state index in [1.165, 1.54) is 6.07 Å². The summed E-state index contributed by atoms with van der Waals surface area (Å²) in [5, 5.41) is 19.2. The fraction of sp³-hybridized carbons (Fsp3) is 0.0909. The topological polar surface area (TPSA) is 70.4 Å². The number of benzene rings is 1. The van der Waals surface area contributed by atoms with E-state index in [-0.39, 0.29) is 10.6 Å². The van der Waals surface area contributed by atoms with Crippen LogP contribution in [-0.2, 0) is 4.79 Å². The highest BCUT2D eigenvalue weighted by Crippen LogP contribution is 2.31. The molecule has 0 aliphatic rings. The fourth-order valence-electron chi connectivity index (χ4n) is 1.50. The van der Waals surface area contributed by atoms with Crippen LogP contribution in [0.25, 0.3) is 10.9 Å². The van der Waals surface area contributed by atoms with Gasteiger partial charge in [-0.2, -0.15) is 0 Å². The van der Waals surface area contributed by atoms with Crippen LogP contribution in [0.4, 0.5) is 0 Å². The Morgan fingerprint density at radius 1 is 1.24 bits per heavy atom. The van der Waals surface area contributed by atoms with Gasteiger partial charge in [0.2, 0.25) is 0 Å². The van der Waals surface area contributed by atoms with E-state index in [1.54, 1.807) is 18.2 Å². The molecular formula is C11H7Cl2NO3. The summed E-state index contributed by atoms with van der Waals surface area (Å²) in [4.78, 5) is 14.7. The van der Waals surface area contributed by atoms with Crippen molar-refractivity contribution in [1.29, 1.82) is 0 Å². The Labute approximate surface area is 106 Å². The molecule has 0 spiro atoms. The molecule has 0 fully saturated rings. The Hall–Kier alpha value is -1.36. The summed E-state index contributed by atoms with van der Waals surface area (Å²) in [6.07, 6.45) is -1.65. The maximum atomic E-state index is 10.7. The number of rotatable bonds is 2. The number of aliphatic hydroxyl groups is 1. The average Bonchev–Trinajstić information content (AvgIpc) is 2.28. The summed E-state index contributed by atoms with van der Waals surface area (Å²) < 4.78 is 0. The lowest BCUT2D eigenvalue weighted by Crippen LogP contribution is -2.11. The Kier molecular flexibility index (Phi) is 3.19. The summed E-state index contributed by atoms with van der Waals surface area (Å²) in [7, 11) is 0. The third-order valence-corrected chi connectivity index (χ3v) is 2.96. The molecule has 2 rings (SSSR count). The number of hydrogen-bond donors (Lipinski definition) is 2. The van der Waals surface area contributed by atoms with Gasteiger partial charge in [0.1, 0.15) is 5.15 Å². The highest BCUT2D eigenvalue weighted by Gasteiger charge is 2.20. The molecule has 1 aromatic carbocycles. The predicted molar refractivity (Wildman–Crippen MR) is 64.4 cm³/mol. The first-order chi connectivity index (χ1) is 8.00. The van der Waals surface area contributed by atoms with Crippen LogP contribution in [0.3, 0.4) is 0 Å². The third-order valence-electron chi connectivity index (χ3n) is 2.33. The van der Waals surface area contributed by atoms with Crippen molar-refractivity contribution in [1.82, 2.24) is 4.98 Å². The van der Waals surface area contributed by atoms with Crippen molar-refractivity contribution in [2.45, 2.75) is 6.10 Å². The van der Waals surface area contributed by atoms with E-state index in [0.717, 1.165) is 0 Å². The van der Waals surface area contributed by atoms with Crippen LogP contribution in [0.5, 0.6) is 0 Å². The molecule has 6 heteroatoms. The van der Waals surface area contributed by atoms with Crippen molar-refractivity contribution in [3.8, 4) is 0 Å². The second kappa shape index (κ2) is 4.49. The molecule has 0 amide bonds. The van der Waals surface area contributed by atoms with E-state index in [1.807, 2.05) is 0 Å². The van der Waals surface area contributed by atoms with Crippen molar-refractivity contribution in [3.05, 3.63) is 40.0 Å². The van der Waals surface area contributed by atoms with Crippen LogP contribution >= 0.6 is 23.2 Å². The van der Waals surface area contributed by atoms with Crippen molar-refractivity contribution in [3.63, 3.8) is 0 Å². The molecule has 0 bridgehead atoms. The number of nitrogens with zero attached hydrogens (tertiary/aromatic N) is 1. The Balaban J connectivity index is 2.66. The van der Waals surface area contributed by atoms with Gasteiger partial charge in [0.05, 0.1) is 10.5 Å². The second-order valence-corrected chi connectivity index (χ2v) is 4.18. The van der Waals surface area contributed by atoms with Gasteiger partial charge >= 0.3 is 5.97 Å². The number of fused-ring (bicyclic) bond motifs is 1. The summed E-state index contributed by atoms with van der Waals surface area (Å²) in [5.41, 5.74) is 0.680. The van der Waals surface area contributed by atoms with Gasteiger partial charge in [-0.15, -0.1) is 0 Å². The quantitative estimate of drug-likeness (QED) is 0.824.